The van der Waals surface area contributed by atoms with Crippen LogP contribution in [-0.4, -0.2) is 13.2 Å². The maximum atomic E-state index is 11.8. The molecule has 2 unspecified atom stereocenters. The zero-order chi connectivity index (χ0) is 11.1. The van der Waals surface area contributed by atoms with Crippen LogP contribution in [0.15, 0.2) is 30.3 Å². The minimum absolute atomic E-state index is 0.0776. The third-order valence-corrected chi connectivity index (χ3v) is 3.71. The average Bonchev–Trinajstić information content (AvgIpc) is 2.27. The second-order valence-corrected chi connectivity index (χ2v) is 4.66. The van der Waals surface area contributed by atoms with Crippen LogP contribution in [0.2, 0.25) is 0 Å². The van der Waals surface area contributed by atoms with Gasteiger partial charge in [-0.2, -0.15) is 0 Å². The highest BCUT2D eigenvalue weighted by Gasteiger charge is 2.32. The largest absolute Gasteiger partial charge is 0.516 e. The van der Waals surface area contributed by atoms with Gasteiger partial charge in [0.05, 0.1) is 6.61 Å². The molecule has 0 heterocycles. The Labute approximate surface area is 91.5 Å². The Morgan fingerprint density at radius 1 is 1.40 bits per heavy atom. The van der Waals surface area contributed by atoms with Crippen LogP contribution in [0, 0.1) is 0 Å². The summed E-state index contributed by atoms with van der Waals surface area (Å²) in [6.07, 6.45) is 0.694. The molecule has 0 aliphatic rings. The van der Waals surface area contributed by atoms with Gasteiger partial charge in [0.2, 0.25) is 5.66 Å². The quantitative estimate of drug-likeness (QED) is 0.759. The number of hydrogen-bond acceptors (Lipinski definition) is 3. The molecule has 1 aromatic carbocycles. The van der Waals surface area contributed by atoms with E-state index in [4.69, 9.17) is 10.3 Å². The zero-order valence-electron chi connectivity index (χ0n) is 8.93. The van der Waals surface area contributed by atoms with Gasteiger partial charge in [0.1, 0.15) is 0 Å². The molecular weight excluding hydrogens is 209 g/mol. The van der Waals surface area contributed by atoms with E-state index in [-0.39, 0.29) is 5.66 Å². The van der Waals surface area contributed by atoms with Crippen molar-refractivity contribution >= 4 is 8.03 Å². The minimum atomic E-state index is -1.66. The minimum Gasteiger partial charge on any atom is -0.330 e. The third kappa shape index (κ3) is 3.71. The molecular formula is C11H17NO2P+. The number of hydrogen-bond donors (Lipinski definition) is 1. The second kappa shape index (κ2) is 6.67. The summed E-state index contributed by atoms with van der Waals surface area (Å²) in [5.74, 6) is 0. The van der Waals surface area contributed by atoms with Gasteiger partial charge in [0.15, 0.2) is 0 Å². The van der Waals surface area contributed by atoms with Crippen molar-refractivity contribution in [3.05, 3.63) is 35.9 Å². The van der Waals surface area contributed by atoms with E-state index < -0.39 is 8.03 Å². The van der Waals surface area contributed by atoms with Crippen LogP contribution in [-0.2, 0) is 9.09 Å². The standard InChI is InChI=1S/C11H17NO2P/c1-2-14-15(13)11(8-9-12)10-6-4-3-5-7-10/h3-7,11H,2,8-9,12H2,1H3/q+1. The van der Waals surface area contributed by atoms with Crippen LogP contribution in [0.3, 0.4) is 0 Å². The summed E-state index contributed by atoms with van der Waals surface area (Å²) in [5.41, 5.74) is 6.48. The number of benzene rings is 1. The van der Waals surface area contributed by atoms with E-state index in [1.165, 1.54) is 0 Å². The first kappa shape index (κ1) is 12.3. The predicted molar refractivity (Wildman–Crippen MR) is 62.1 cm³/mol. The van der Waals surface area contributed by atoms with Gasteiger partial charge in [-0.3, -0.25) is 0 Å². The predicted octanol–water partition coefficient (Wildman–Crippen LogP) is 2.86. The van der Waals surface area contributed by atoms with Crippen LogP contribution in [0.5, 0.6) is 0 Å². The third-order valence-electron chi connectivity index (χ3n) is 2.14. The topological polar surface area (TPSA) is 52.3 Å². The SMILES string of the molecule is CCO[P+](=O)C(CCN)c1ccccc1. The van der Waals surface area contributed by atoms with E-state index in [0.717, 1.165) is 5.56 Å². The van der Waals surface area contributed by atoms with Gasteiger partial charge in [0, 0.05) is 12.0 Å². The lowest BCUT2D eigenvalue weighted by Gasteiger charge is -2.04. The highest BCUT2D eigenvalue weighted by atomic mass is 31.1. The molecule has 0 saturated carbocycles. The van der Waals surface area contributed by atoms with Crippen molar-refractivity contribution in [3.8, 4) is 0 Å². The molecule has 82 valence electrons. The first-order valence-corrected chi connectivity index (χ1v) is 6.38. The molecule has 1 aromatic rings. The summed E-state index contributed by atoms with van der Waals surface area (Å²) in [6, 6.07) is 9.75. The smallest absolute Gasteiger partial charge is 0.330 e. The molecule has 0 bridgehead atoms. The lowest BCUT2D eigenvalue weighted by Crippen LogP contribution is -2.05. The maximum Gasteiger partial charge on any atom is 0.516 e. The summed E-state index contributed by atoms with van der Waals surface area (Å²) < 4.78 is 17.0. The Bertz CT molecular complexity index is 303. The highest BCUT2D eigenvalue weighted by Crippen LogP contribution is 2.43. The van der Waals surface area contributed by atoms with Gasteiger partial charge in [-0.1, -0.05) is 30.3 Å². The molecule has 0 radical (unpaired) electrons. The lowest BCUT2D eigenvalue weighted by atomic mass is 10.1. The van der Waals surface area contributed by atoms with Crippen molar-refractivity contribution in [2.75, 3.05) is 13.2 Å². The fourth-order valence-electron chi connectivity index (χ4n) is 1.44. The highest BCUT2D eigenvalue weighted by molar-refractivity contribution is 7.39. The van der Waals surface area contributed by atoms with E-state index in [0.29, 0.717) is 19.6 Å². The van der Waals surface area contributed by atoms with Gasteiger partial charge in [-0.15, -0.1) is 4.52 Å². The van der Waals surface area contributed by atoms with Crippen LogP contribution >= 0.6 is 8.03 Å². The molecule has 0 saturated heterocycles. The van der Waals surface area contributed by atoms with Crippen molar-refractivity contribution < 1.29 is 9.09 Å². The molecule has 1 rings (SSSR count). The fraction of sp³-hybridized carbons (Fsp3) is 0.455. The average molecular weight is 226 g/mol. The monoisotopic (exact) mass is 226 g/mol. The molecule has 0 spiro atoms. The molecule has 0 amide bonds. The zero-order valence-corrected chi connectivity index (χ0v) is 9.82. The van der Waals surface area contributed by atoms with Crippen molar-refractivity contribution in [1.29, 1.82) is 0 Å². The Hall–Kier alpha value is -0.760. The van der Waals surface area contributed by atoms with Crippen molar-refractivity contribution in [3.63, 3.8) is 0 Å². The number of rotatable bonds is 6. The molecule has 2 N–H and O–H groups in total. The van der Waals surface area contributed by atoms with E-state index in [1.807, 2.05) is 37.3 Å². The first-order valence-electron chi connectivity index (χ1n) is 5.13. The Morgan fingerprint density at radius 3 is 2.60 bits per heavy atom. The van der Waals surface area contributed by atoms with E-state index in [2.05, 4.69) is 0 Å². The summed E-state index contributed by atoms with van der Waals surface area (Å²) in [4.78, 5) is 0. The maximum absolute atomic E-state index is 11.8. The summed E-state index contributed by atoms with van der Waals surface area (Å²) in [5, 5.41) is 0. The molecule has 0 aliphatic carbocycles. The van der Waals surface area contributed by atoms with Gasteiger partial charge in [-0.05, 0) is 18.0 Å². The first-order chi connectivity index (χ1) is 7.29. The van der Waals surface area contributed by atoms with Gasteiger partial charge >= 0.3 is 8.03 Å². The Morgan fingerprint density at radius 2 is 2.07 bits per heavy atom. The Balaban J connectivity index is 2.78. The van der Waals surface area contributed by atoms with Crippen LogP contribution < -0.4 is 5.73 Å². The van der Waals surface area contributed by atoms with E-state index in [9.17, 15) is 4.57 Å². The van der Waals surface area contributed by atoms with Gasteiger partial charge < -0.3 is 5.73 Å². The molecule has 15 heavy (non-hydrogen) atoms. The van der Waals surface area contributed by atoms with E-state index >= 15 is 0 Å². The van der Waals surface area contributed by atoms with Gasteiger partial charge in [-0.25, -0.2) is 0 Å². The molecule has 2 atom stereocenters. The molecule has 4 heteroatoms. The number of nitrogens with two attached hydrogens (primary N) is 1. The summed E-state index contributed by atoms with van der Waals surface area (Å²) in [7, 11) is -1.66. The normalized spacial score (nSPS) is 13.6. The van der Waals surface area contributed by atoms with Crippen LogP contribution in [0.25, 0.3) is 0 Å². The van der Waals surface area contributed by atoms with Crippen LogP contribution in [0.4, 0.5) is 0 Å². The van der Waals surface area contributed by atoms with E-state index in [1.54, 1.807) is 0 Å². The van der Waals surface area contributed by atoms with Gasteiger partial charge in [0.25, 0.3) is 0 Å². The van der Waals surface area contributed by atoms with Crippen LogP contribution in [0.1, 0.15) is 24.6 Å². The second-order valence-electron chi connectivity index (χ2n) is 3.21. The summed E-state index contributed by atoms with van der Waals surface area (Å²) in [6.45, 7) is 2.84. The fourth-order valence-corrected chi connectivity index (χ4v) is 2.65. The molecule has 0 fully saturated rings. The van der Waals surface area contributed by atoms with Crippen molar-refractivity contribution in [2.45, 2.75) is 19.0 Å². The molecule has 0 aliphatic heterocycles. The molecule has 0 aromatic heterocycles. The van der Waals surface area contributed by atoms with Crippen molar-refractivity contribution in [2.24, 2.45) is 5.73 Å². The Kier molecular flexibility index (Phi) is 5.48. The van der Waals surface area contributed by atoms with Crippen molar-refractivity contribution in [1.82, 2.24) is 0 Å². The molecule has 3 nitrogen and oxygen atoms in total. The lowest BCUT2D eigenvalue weighted by molar-refractivity contribution is 0.342. The summed E-state index contributed by atoms with van der Waals surface area (Å²) >= 11 is 0.